The van der Waals surface area contributed by atoms with Gasteiger partial charge in [0.25, 0.3) is 17.9 Å². The normalized spacial score (nSPS) is 11.1. The maximum atomic E-state index is 13.1. The first-order chi connectivity index (χ1) is 14.5. The molecule has 2 aromatic carbocycles. The lowest BCUT2D eigenvalue weighted by molar-refractivity contribution is 0.102. The van der Waals surface area contributed by atoms with E-state index in [2.05, 4.69) is 20.3 Å². The van der Waals surface area contributed by atoms with E-state index >= 15 is 0 Å². The number of anilines is 1. The molecule has 150 valence electrons. The highest BCUT2D eigenvalue weighted by Gasteiger charge is 2.16. The second-order valence-electron chi connectivity index (χ2n) is 6.47. The summed E-state index contributed by atoms with van der Waals surface area (Å²) in [5.41, 5.74) is 0.467. The molecule has 4 aromatic rings. The lowest BCUT2D eigenvalue weighted by atomic mass is 10.1. The van der Waals surface area contributed by atoms with Crippen molar-refractivity contribution in [3.63, 3.8) is 0 Å². The number of nitrogens with zero attached hydrogens (tertiary/aromatic N) is 4. The van der Waals surface area contributed by atoms with Gasteiger partial charge in [0.05, 0.1) is 17.3 Å². The number of benzene rings is 2. The molecular formula is C21H15F2N5O2. The fourth-order valence-corrected chi connectivity index (χ4v) is 3.07. The molecule has 2 heterocycles. The smallest absolute Gasteiger partial charge is 0.275 e. The third kappa shape index (κ3) is 3.52. The fraction of sp³-hybridized carbons (Fsp3) is 0.0952. The van der Waals surface area contributed by atoms with Crippen molar-refractivity contribution < 1.29 is 13.6 Å². The molecule has 0 saturated carbocycles. The van der Waals surface area contributed by atoms with Crippen molar-refractivity contribution in [2.75, 3.05) is 5.32 Å². The molecule has 1 amide bonds. The van der Waals surface area contributed by atoms with Gasteiger partial charge in [-0.25, -0.2) is 18.7 Å². The van der Waals surface area contributed by atoms with Gasteiger partial charge in [-0.05, 0) is 18.2 Å². The maximum absolute atomic E-state index is 13.1. The van der Waals surface area contributed by atoms with Crippen molar-refractivity contribution >= 4 is 22.5 Å². The molecule has 0 aliphatic carbocycles. The molecule has 7 nitrogen and oxygen atoms in total. The molecule has 1 N–H and O–H groups in total. The monoisotopic (exact) mass is 407 g/mol. The second kappa shape index (κ2) is 7.78. The van der Waals surface area contributed by atoms with Gasteiger partial charge >= 0.3 is 0 Å². The molecule has 0 fully saturated rings. The van der Waals surface area contributed by atoms with E-state index in [1.54, 1.807) is 24.3 Å². The summed E-state index contributed by atoms with van der Waals surface area (Å²) in [4.78, 5) is 37.7. The summed E-state index contributed by atoms with van der Waals surface area (Å²) in [7, 11) is 1.52. The molecule has 0 aliphatic heterocycles. The van der Waals surface area contributed by atoms with E-state index < -0.39 is 12.3 Å². The number of hydrogen-bond acceptors (Lipinski definition) is 5. The summed E-state index contributed by atoms with van der Waals surface area (Å²) in [6.07, 6.45) is 1.50. The largest absolute Gasteiger partial charge is 0.319 e. The van der Waals surface area contributed by atoms with E-state index in [-0.39, 0.29) is 33.5 Å². The molecule has 9 heteroatoms. The van der Waals surface area contributed by atoms with E-state index in [0.717, 1.165) is 0 Å². The van der Waals surface area contributed by atoms with Gasteiger partial charge in [0.15, 0.2) is 0 Å². The lowest BCUT2D eigenvalue weighted by Gasteiger charge is -2.13. The molecule has 0 spiro atoms. The van der Waals surface area contributed by atoms with Crippen molar-refractivity contribution in [1.82, 2.24) is 19.5 Å². The molecule has 0 unspecified atom stereocenters. The Kier molecular flexibility index (Phi) is 5.01. The molecule has 4 rings (SSSR count). The zero-order valence-corrected chi connectivity index (χ0v) is 15.7. The number of rotatable bonds is 4. The first-order valence-electron chi connectivity index (χ1n) is 8.91. The van der Waals surface area contributed by atoms with Gasteiger partial charge in [-0.2, -0.15) is 0 Å². The Morgan fingerprint density at radius 3 is 2.67 bits per heavy atom. The van der Waals surface area contributed by atoms with Crippen LogP contribution in [0.15, 0.2) is 65.8 Å². The summed E-state index contributed by atoms with van der Waals surface area (Å²) in [6, 6.07) is 10.5. The number of fused-ring (bicyclic) bond motifs is 1. The van der Waals surface area contributed by atoms with Gasteiger partial charge in [-0.3, -0.25) is 19.1 Å². The Balaban J connectivity index is 1.86. The van der Waals surface area contributed by atoms with Crippen molar-refractivity contribution in [3.8, 4) is 11.4 Å². The zero-order valence-electron chi connectivity index (χ0n) is 15.7. The molecule has 0 radical (unpaired) electrons. The maximum Gasteiger partial charge on any atom is 0.275 e. The average Bonchev–Trinajstić information content (AvgIpc) is 2.77. The number of alkyl halides is 2. The number of carbonyl (C=O) groups excluding carboxylic acids is 1. The van der Waals surface area contributed by atoms with Crippen molar-refractivity contribution in [2.45, 2.75) is 6.43 Å². The minimum absolute atomic E-state index is 0.100. The van der Waals surface area contributed by atoms with Crippen LogP contribution in [0.1, 0.15) is 22.5 Å². The average molecular weight is 407 g/mol. The fourth-order valence-electron chi connectivity index (χ4n) is 3.07. The molecule has 0 saturated heterocycles. The van der Waals surface area contributed by atoms with Gasteiger partial charge in [0, 0.05) is 30.6 Å². The highest BCUT2D eigenvalue weighted by molar-refractivity contribution is 6.07. The third-order valence-corrected chi connectivity index (χ3v) is 4.55. The Hall–Kier alpha value is -4.01. The van der Waals surface area contributed by atoms with E-state index in [9.17, 15) is 18.4 Å². The Bertz CT molecular complexity index is 1310. The van der Waals surface area contributed by atoms with Crippen LogP contribution in [0.3, 0.4) is 0 Å². The molecule has 0 aliphatic rings. The molecule has 30 heavy (non-hydrogen) atoms. The SMILES string of the molecule is Cn1c(-c2cccc(C(F)F)c2)nc2c(NC(=O)c3cnccn3)cccc2c1=O. The van der Waals surface area contributed by atoms with Crippen LogP contribution in [0.2, 0.25) is 0 Å². The van der Waals surface area contributed by atoms with Gasteiger partial charge in [-0.1, -0.05) is 24.3 Å². The van der Waals surface area contributed by atoms with Gasteiger partial charge in [0.1, 0.15) is 17.0 Å². The van der Waals surface area contributed by atoms with E-state index in [0.29, 0.717) is 11.3 Å². The topological polar surface area (TPSA) is 89.8 Å². The van der Waals surface area contributed by atoms with Crippen LogP contribution in [-0.4, -0.2) is 25.4 Å². The van der Waals surface area contributed by atoms with E-state index in [1.165, 1.54) is 48.4 Å². The standard InChI is InChI=1S/C21H15F2N5O2/c1-28-19(13-5-2-4-12(10-13)18(22)23)27-17-14(21(28)30)6-3-7-15(17)26-20(29)16-11-24-8-9-25-16/h2-11,18H,1H3,(H,26,29). The minimum Gasteiger partial charge on any atom is -0.319 e. The van der Waals surface area contributed by atoms with Crippen LogP contribution < -0.4 is 10.9 Å². The summed E-state index contributed by atoms with van der Waals surface area (Å²) >= 11 is 0. The van der Waals surface area contributed by atoms with Crippen LogP contribution in [0, 0.1) is 0 Å². The number of nitrogens with one attached hydrogen (secondary N) is 1. The van der Waals surface area contributed by atoms with E-state index in [4.69, 9.17) is 0 Å². The van der Waals surface area contributed by atoms with Gasteiger partial charge in [-0.15, -0.1) is 0 Å². The summed E-state index contributed by atoms with van der Waals surface area (Å²) in [6.45, 7) is 0. The van der Waals surface area contributed by atoms with Crippen LogP contribution in [0.5, 0.6) is 0 Å². The van der Waals surface area contributed by atoms with Crippen LogP contribution in [0.4, 0.5) is 14.5 Å². The number of para-hydroxylation sites is 1. The van der Waals surface area contributed by atoms with Crippen LogP contribution in [-0.2, 0) is 7.05 Å². The molecular weight excluding hydrogens is 392 g/mol. The third-order valence-electron chi connectivity index (χ3n) is 4.55. The zero-order chi connectivity index (χ0) is 21.3. The Morgan fingerprint density at radius 1 is 1.13 bits per heavy atom. The summed E-state index contributed by atoms with van der Waals surface area (Å²) in [5, 5.41) is 2.96. The predicted octanol–water partition coefficient (Wildman–Crippen LogP) is 3.58. The van der Waals surface area contributed by atoms with Gasteiger partial charge < -0.3 is 5.32 Å². The molecule has 0 atom stereocenters. The minimum atomic E-state index is -2.65. The summed E-state index contributed by atoms with van der Waals surface area (Å²) in [5.74, 6) is -0.310. The highest BCUT2D eigenvalue weighted by Crippen LogP contribution is 2.27. The second-order valence-corrected chi connectivity index (χ2v) is 6.47. The predicted molar refractivity (Wildman–Crippen MR) is 107 cm³/mol. The summed E-state index contributed by atoms with van der Waals surface area (Å²) < 4.78 is 27.5. The quantitative estimate of drug-likeness (QED) is 0.559. The Labute approximate surface area is 169 Å². The molecule has 2 aromatic heterocycles. The van der Waals surface area contributed by atoms with Crippen molar-refractivity contribution in [1.29, 1.82) is 0 Å². The van der Waals surface area contributed by atoms with Crippen molar-refractivity contribution in [2.24, 2.45) is 7.05 Å². The number of halogens is 2. The van der Waals surface area contributed by atoms with Crippen LogP contribution >= 0.6 is 0 Å². The lowest BCUT2D eigenvalue weighted by Crippen LogP contribution is -2.21. The molecule has 0 bridgehead atoms. The number of carbonyl (C=O) groups is 1. The number of amides is 1. The first-order valence-corrected chi connectivity index (χ1v) is 8.91. The Morgan fingerprint density at radius 2 is 1.93 bits per heavy atom. The highest BCUT2D eigenvalue weighted by atomic mass is 19.3. The van der Waals surface area contributed by atoms with E-state index in [1.807, 2.05) is 0 Å². The van der Waals surface area contributed by atoms with Crippen LogP contribution in [0.25, 0.3) is 22.3 Å². The van der Waals surface area contributed by atoms with Gasteiger partial charge in [0.2, 0.25) is 0 Å². The number of aromatic nitrogens is 4. The number of hydrogen-bond donors (Lipinski definition) is 1. The van der Waals surface area contributed by atoms with Crippen molar-refractivity contribution in [3.05, 3.63) is 82.7 Å². The first kappa shape index (κ1) is 19.3.